The Morgan fingerprint density at radius 1 is 1.15 bits per heavy atom. The van der Waals surface area contributed by atoms with Crippen LogP contribution in [0.4, 0.5) is 5.82 Å². The Morgan fingerprint density at radius 2 is 1.81 bits per heavy atom. The average molecular weight is 409 g/mol. The third kappa shape index (κ3) is 5.41. The zero-order chi connectivity index (χ0) is 19.4. The molecule has 0 unspecified atom stereocenters. The highest BCUT2D eigenvalue weighted by Crippen LogP contribution is 2.20. The van der Waals surface area contributed by atoms with Crippen LogP contribution in [0.3, 0.4) is 0 Å². The second kappa shape index (κ2) is 8.24. The van der Waals surface area contributed by atoms with Crippen LogP contribution in [0.2, 0.25) is 5.02 Å². The first-order valence-corrected chi connectivity index (χ1v) is 10.8. The molecular formula is C18H21ClN4O3S. The molecule has 3 rings (SSSR count). The van der Waals surface area contributed by atoms with E-state index in [1.54, 1.807) is 18.3 Å². The third-order valence-electron chi connectivity index (χ3n) is 4.30. The van der Waals surface area contributed by atoms with Crippen LogP contribution in [-0.2, 0) is 16.6 Å². The lowest BCUT2D eigenvalue weighted by Gasteiger charge is -2.36. The summed E-state index contributed by atoms with van der Waals surface area (Å²) >= 11 is 5.92. The van der Waals surface area contributed by atoms with Crippen molar-refractivity contribution in [1.29, 1.82) is 0 Å². The van der Waals surface area contributed by atoms with Gasteiger partial charge in [-0.25, -0.2) is 18.1 Å². The number of nitrogens with zero attached hydrogens (tertiary/aromatic N) is 3. The van der Waals surface area contributed by atoms with E-state index in [4.69, 9.17) is 11.6 Å². The molecule has 1 saturated heterocycles. The highest BCUT2D eigenvalue weighted by atomic mass is 35.5. The molecule has 1 amide bonds. The van der Waals surface area contributed by atoms with Gasteiger partial charge in [0.25, 0.3) is 5.91 Å². The molecule has 144 valence electrons. The van der Waals surface area contributed by atoms with Crippen molar-refractivity contribution < 1.29 is 13.2 Å². The van der Waals surface area contributed by atoms with Crippen molar-refractivity contribution in [2.45, 2.75) is 6.54 Å². The predicted octanol–water partition coefficient (Wildman–Crippen LogP) is 1.75. The average Bonchev–Trinajstić information content (AvgIpc) is 2.63. The van der Waals surface area contributed by atoms with Crippen molar-refractivity contribution in [3.05, 3.63) is 58.7 Å². The first-order valence-electron chi connectivity index (χ1n) is 8.51. The molecule has 1 N–H and O–H groups in total. The molecule has 1 aromatic heterocycles. The summed E-state index contributed by atoms with van der Waals surface area (Å²) in [6.45, 7) is 3.85. The van der Waals surface area contributed by atoms with Crippen molar-refractivity contribution in [3.63, 3.8) is 0 Å². The smallest absolute Gasteiger partial charge is 0.268 e. The van der Waals surface area contributed by atoms with Crippen molar-refractivity contribution in [2.75, 3.05) is 37.3 Å². The second-order valence-corrected chi connectivity index (χ2v) is 8.65. The van der Waals surface area contributed by atoms with Crippen LogP contribution in [-0.4, -0.2) is 56.6 Å². The van der Waals surface area contributed by atoms with Gasteiger partial charge in [0.15, 0.2) is 0 Å². The fourth-order valence-electron chi connectivity index (χ4n) is 3.02. The van der Waals surface area contributed by atoms with E-state index in [-0.39, 0.29) is 5.56 Å². The largest absolute Gasteiger partial charge is 0.353 e. The predicted molar refractivity (Wildman–Crippen MR) is 105 cm³/mol. The van der Waals surface area contributed by atoms with E-state index in [1.165, 1.54) is 5.56 Å². The lowest BCUT2D eigenvalue weighted by Crippen LogP contribution is -2.47. The van der Waals surface area contributed by atoms with Gasteiger partial charge in [0.1, 0.15) is 5.82 Å². The van der Waals surface area contributed by atoms with Gasteiger partial charge in [-0.1, -0.05) is 23.7 Å². The lowest BCUT2D eigenvalue weighted by atomic mass is 10.2. The summed E-state index contributed by atoms with van der Waals surface area (Å²) in [4.78, 5) is 20.9. The van der Waals surface area contributed by atoms with Crippen LogP contribution >= 0.6 is 11.6 Å². The summed E-state index contributed by atoms with van der Waals surface area (Å²) in [7, 11) is -3.63. The van der Waals surface area contributed by atoms with Crippen molar-refractivity contribution in [2.24, 2.45) is 0 Å². The zero-order valence-corrected chi connectivity index (χ0v) is 16.5. The SMILES string of the molecule is CS(=O)(=O)NC(=O)c1cccnc1N1CCN(Cc2ccc(Cl)cc2)CC1. The Hall–Kier alpha value is -2.16. The van der Waals surface area contributed by atoms with Gasteiger partial charge in [-0.05, 0) is 29.8 Å². The minimum absolute atomic E-state index is 0.258. The number of sulfonamides is 1. The number of amides is 1. The van der Waals surface area contributed by atoms with Gasteiger partial charge in [0, 0.05) is 43.9 Å². The second-order valence-electron chi connectivity index (χ2n) is 6.47. The van der Waals surface area contributed by atoms with Gasteiger partial charge in [0.05, 0.1) is 11.8 Å². The van der Waals surface area contributed by atoms with Gasteiger partial charge >= 0.3 is 0 Å². The van der Waals surface area contributed by atoms with Crippen LogP contribution in [0.5, 0.6) is 0 Å². The highest BCUT2D eigenvalue weighted by Gasteiger charge is 2.23. The number of nitrogens with one attached hydrogen (secondary N) is 1. The molecule has 0 saturated carbocycles. The number of pyridine rings is 1. The molecule has 0 radical (unpaired) electrons. The van der Waals surface area contributed by atoms with E-state index >= 15 is 0 Å². The Bertz CT molecular complexity index is 910. The van der Waals surface area contributed by atoms with Crippen molar-refractivity contribution in [1.82, 2.24) is 14.6 Å². The van der Waals surface area contributed by atoms with E-state index in [0.29, 0.717) is 18.9 Å². The van der Waals surface area contributed by atoms with E-state index in [1.807, 2.05) is 33.9 Å². The van der Waals surface area contributed by atoms with E-state index in [0.717, 1.165) is 30.9 Å². The molecular weight excluding hydrogens is 388 g/mol. The lowest BCUT2D eigenvalue weighted by molar-refractivity contribution is 0.0981. The van der Waals surface area contributed by atoms with Crippen LogP contribution in [0.25, 0.3) is 0 Å². The van der Waals surface area contributed by atoms with Crippen LogP contribution in [0.1, 0.15) is 15.9 Å². The van der Waals surface area contributed by atoms with Crippen LogP contribution < -0.4 is 9.62 Å². The number of hydrogen-bond donors (Lipinski definition) is 1. The van der Waals surface area contributed by atoms with E-state index in [2.05, 4.69) is 9.88 Å². The van der Waals surface area contributed by atoms with Gasteiger partial charge < -0.3 is 4.90 Å². The van der Waals surface area contributed by atoms with Gasteiger partial charge in [-0.3, -0.25) is 9.69 Å². The molecule has 0 atom stereocenters. The molecule has 9 heteroatoms. The van der Waals surface area contributed by atoms with Gasteiger partial charge in [-0.15, -0.1) is 0 Å². The monoisotopic (exact) mass is 408 g/mol. The summed E-state index contributed by atoms with van der Waals surface area (Å²) in [5.41, 5.74) is 1.45. The quantitative estimate of drug-likeness (QED) is 0.811. The third-order valence-corrected chi connectivity index (χ3v) is 5.11. The maximum Gasteiger partial charge on any atom is 0.268 e. The summed E-state index contributed by atoms with van der Waals surface area (Å²) in [6.07, 6.45) is 2.56. The number of piperazine rings is 1. The van der Waals surface area contributed by atoms with Gasteiger partial charge in [0.2, 0.25) is 10.0 Å². The Balaban J connectivity index is 1.66. The first-order chi connectivity index (χ1) is 12.8. The Kier molecular flexibility index (Phi) is 5.98. The van der Waals surface area contributed by atoms with E-state index in [9.17, 15) is 13.2 Å². The number of aromatic nitrogens is 1. The standard InChI is InChI=1S/C18H21ClN4O3S/c1-27(25,26)21-18(24)16-3-2-8-20-17(16)23-11-9-22(10-12-23)13-14-4-6-15(19)7-5-14/h2-8H,9-13H2,1H3,(H,21,24). The Labute approximate surface area is 164 Å². The minimum atomic E-state index is -3.63. The topological polar surface area (TPSA) is 82.6 Å². The molecule has 2 heterocycles. The molecule has 2 aromatic rings. The summed E-state index contributed by atoms with van der Waals surface area (Å²) in [6, 6.07) is 11.0. The van der Waals surface area contributed by atoms with Crippen molar-refractivity contribution >= 4 is 33.3 Å². The Morgan fingerprint density at radius 3 is 2.44 bits per heavy atom. The van der Waals surface area contributed by atoms with Crippen LogP contribution in [0.15, 0.2) is 42.6 Å². The molecule has 1 fully saturated rings. The normalized spacial score (nSPS) is 15.6. The molecule has 1 aliphatic rings. The number of benzene rings is 1. The number of carbonyl (C=O) groups is 1. The number of rotatable bonds is 5. The van der Waals surface area contributed by atoms with Crippen molar-refractivity contribution in [3.8, 4) is 0 Å². The summed E-state index contributed by atoms with van der Waals surface area (Å²) in [5.74, 6) is -0.158. The highest BCUT2D eigenvalue weighted by molar-refractivity contribution is 7.89. The molecule has 0 spiro atoms. The maximum absolute atomic E-state index is 12.3. The first kappa shape index (κ1) is 19.6. The molecule has 7 nitrogen and oxygen atoms in total. The number of hydrogen-bond acceptors (Lipinski definition) is 6. The minimum Gasteiger partial charge on any atom is -0.353 e. The van der Waals surface area contributed by atoms with Crippen LogP contribution in [0, 0.1) is 0 Å². The number of halogens is 1. The fraction of sp³-hybridized carbons (Fsp3) is 0.333. The molecule has 1 aliphatic heterocycles. The van der Waals surface area contributed by atoms with E-state index < -0.39 is 15.9 Å². The molecule has 0 bridgehead atoms. The number of anilines is 1. The van der Waals surface area contributed by atoms with Gasteiger partial charge in [-0.2, -0.15) is 0 Å². The molecule has 27 heavy (non-hydrogen) atoms. The molecule has 1 aromatic carbocycles. The fourth-order valence-corrected chi connectivity index (χ4v) is 3.59. The molecule has 0 aliphatic carbocycles. The summed E-state index contributed by atoms with van der Waals surface area (Å²) in [5, 5.41) is 0.721. The summed E-state index contributed by atoms with van der Waals surface area (Å²) < 4.78 is 24.7. The maximum atomic E-state index is 12.3. The zero-order valence-electron chi connectivity index (χ0n) is 14.9. The number of carbonyl (C=O) groups excluding carboxylic acids is 1.